The molecular formula is C25H46N4O4S. The van der Waals surface area contributed by atoms with Gasteiger partial charge in [0.2, 0.25) is 11.8 Å². The number of nitrogens with one attached hydrogen (secondary N) is 2. The number of ether oxygens (including phenoxy) is 1. The zero-order valence-corrected chi connectivity index (χ0v) is 22.7. The maximum absolute atomic E-state index is 13.8. The van der Waals surface area contributed by atoms with E-state index in [1.807, 2.05) is 27.7 Å². The molecule has 0 radical (unpaired) electrons. The van der Waals surface area contributed by atoms with Crippen LogP contribution >= 0.6 is 11.8 Å². The Morgan fingerprint density at radius 2 is 1.74 bits per heavy atom. The van der Waals surface area contributed by atoms with Crippen molar-refractivity contribution in [3.8, 4) is 0 Å². The molecule has 2 fully saturated rings. The highest BCUT2D eigenvalue weighted by Crippen LogP contribution is 2.34. The van der Waals surface area contributed by atoms with Crippen LogP contribution in [0, 0.1) is 11.8 Å². The fraction of sp³-hybridized carbons (Fsp3) is 0.880. The second kappa shape index (κ2) is 13.0. The first-order chi connectivity index (χ1) is 15.9. The van der Waals surface area contributed by atoms with Crippen LogP contribution in [0.2, 0.25) is 0 Å². The Labute approximate surface area is 209 Å². The number of carbonyl (C=O) groups is 3. The molecule has 0 aromatic rings. The number of hydrogen-bond donors (Lipinski definition) is 3. The summed E-state index contributed by atoms with van der Waals surface area (Å²) in [6.07, 6.45) is 4.86. The fourth-order valence-corrected chi connectivity index (χ4v) is 6.35. The van der Waals surface area contributed by atoms with Crippen molar-refractivity contribution in [3.63, 3.8) is 0 Å². The topological polar surface area (TPSA) is 114 Å². The molecule has 2 atom stereocenters. The van der Waals surface area contributed by atoms with Crippen molar-refractivity contribution in [1.82, 2.24) is 15.5 Å². The van der Waals surface area contributed by atoms with Crippen LogP contribution in [-0.4, -0.2) is 70.6 Å². The molecule has 2 aliphatic rings. The number of nitrogens with two attached hydrogens (primary N) is 1. The monoisotopic (exact) mass is 498 g/mol. The largest absolute Gasteiger partial charge is 0.449 e. The number of alkyl carbamates (subject to hydrolysis) is 1. The van der Waals surface area contributed by atoms with E-state index in [-0.39, 0.29) is 35.6 Å². The van der Waals surface area contributed by atoms with Gasteiger partial charge in [-0.05, 0) is 69.5 Å². The molecule has 8 nitrogen and oxygen atoms in total. The Morgan fingerprint density at radius 1 is 1.09 bits per heavy atom. The third-order valence-electron chi connectivity index (χ3n) is 6.59. The zero-order chi connectivity index (χ0) is 25.5. The van der Waals surface area contributed by atoms with Crippen molar-refractivity contribution < 1.29 is 19.1 Å². The van der Waals surface area contributed by atoms with Gasteiger partial charge in [-0.15, -0.1) is 0 Å². The van der Waals surface area contributed by atoms with Gasteiger partial charge in [0.1, 0.15) is 12.1 Å². The predicted octanol–water partition coefficient (Wildman–Crippen LogP) is 3.28. The van der Waals surface area contributed by atoms with E-state index in [0.717, 1.165) is 32.1 Å². The predicted molar refractivity (Wildman–Crippen MR) is 138 cm³/mol. The smallest absolute Gasteiger partial charge is 0.407 e. The van der Waals surface area contributed by atoms with Gasteiger partial charge < -0.3 is 26.0 Å². The number of thioether (sulfide) groups is 1. The minimum absolute atomic E-state index is 0.101. The highest BCUT2D eigenvalue weighted by atomic mass is 32.2. The summed E-state index contributed by atoms with van der Waals surface area (Å²) in [6.45, 7) is 13.4. The number of hydrogen-bond acceptors (Lipinski definition) is 6. The lowest BCUT2D eigenvalue weighted by molar-refractivity contribution is -0.140. The van der Waals surface area contributed by atoms with E-state index in [9.17, 15) is 14.4 Å². The van der Waals surface area contributed by atoms with E-state index in [0.29, 0.717) is 25.4 Å². The molecular weight excluding hydrogens is 452 g/mol. The van der Waals surface area contributed by atoms with Crippen LogP contribution in [0.25, 0.3) is 0 Å². The van der Waals surface area contributed by atoms with Crippen LogP contribution < -0.4 is 16.4 Å². The first kappa shape index (κ1) is 28.8. The summed E-state index contributed by atoms with van der Waals surface area (Å²) >= 11 is 1.63. The van der Waals surface area contributed by atoms with E-state index < -0.39 is 22.9 Å². The van der Waals surface area contributed by atoms with Crippen LogP contribution in [0.15, 0.2) is 0 Å². The Balaban J connectivity index is 2.08. The Bertz CT molecular complexity index is 692. The first-order valence-corrected chi connectivity index (χ1v) is 13.7. The molecule has 1 saturated heterocycles. The number of rotatable bonds is 10. The molecule has 196 valence electrons. The van der Waals surface area contributed by atoms with Crippen molar-refractivity contribution in [2.75, 3.05) is 19.7 Å². The molecule has 1 heterocycles. The average molecular weight is 499 g/mol. The van der Waals surface area contributed by atoms with Gasteiger partial charge >= 0.3 is 6.09 Å². The highest BCUT2D eigenvalue weighted by Gasteiger charge is 2.44. The quantitative estimate of drug-likeness (QED) is 0.426. The second-order valence-electron chi connectivity index (χ2n) is 11.1. The van der Waals surface area contributed by atoms with E-state index in [1.54, 1.807) is 16.7 Å². The van der Waals surface area contributed by atoms with Crippen molar-refractivity contribution in [3.05, 3.63) is 0 Å². The summed E-state index contributed by atoms with van der Waals surface area (Å²) in [5.74, 6) is 0.322. The third-order valence-corrected chi connectivity index (χ3v) is 7.90. The number of likely N-dealkylation sites (tertiary alicyclic amines) is 1. The van der Waals surface area contributed by atoms with Gasteiger partial charge in [-0.2, -0.15) is 11.8 Å². The van der Waals surface area contributed by atoms with Gasteiger partial charge in [0, 0.05) is 23.9 Å². The number of carbonyl (C=O) groups excluding carboxylic acids is 3. The normalized spacial score (nSPS) is 24.3. The average Bonchev–Trinajstić information content (AvgIpc) is 3.24. The molecule has 0 aromatic carbocycles. The van der Waals surface area contributed by atoms with E-state index >= 15 is 0 Å². The molecule has 0 spiro atoms. The van der Waals surface area contributed by atoms with Gasteiger partial charge in [-0.1, -0.05) is 27.7 Å². The van der Waals surface area contributed by atoms with Gasteiger partial charge in [-0.25, -0.2) is 4.79 Å². The van der Waals surface area contributed by atoms with Crippen LogP contribution in [-0.2, 0) is 14.3 Å². The van der Waals surface area contributed by atoms with E-state index in [2.05, 4.69) is 24.5 Å². The standard InChI is InChI=1S/C25H46N4O4S/c1-16(2)15-33-24(32)28-21(25(5,6)34-17(3)4)23(31)29-13-7-8-20(29)22(30)27-14-18-9-11-19(26)12-10-18/h16-21H,7-15,26H2,1-6H3,(H,27,30)(H,28,32)/t18?,19?,20-,21-/m0/s1. The summed E-state index contributed by atoms with van der Waals surface area (Å²) in [4.78, 5) is 41.0. The van der Waals surface area contributed by atoms with Crippen molar-refractivity contribution in [2.45, 2.75) is 108 Å². The molecule has 9 heteroatoms. The van der Waals surface area contributed by atoms with Crippen molar-refractivity contribution in [1.29, 1.82) is 0 Å². The summed E-state index contributed by atoms with van der Waals surface area (Å²) in [5, 5.41) is 6.18. The van der Waals surface area contributed by atoms with Gasteiger partial charge in [0.15, 0.2) is 0 Å². The van der Waals surface area contributed by atoms with Gasteiger partial charge in [-0.3, -0.25) is 9.59 Å². The molecule has 1 aliphatic carbocycles. The van der Waals surface area contributed by atoms with E-state index in [4.69, 9.17) is 10.5 Å². The number of amides is 3. The zero-order valence-electron chi connectivity index (χ0n) is 21.9. The Morgan fingerprint density at radius 3 is 2.32 bits per heavy atom. The maximum atomic E-state index is 13.8. The summed E-state index contributed by atoms with van der Waals surface area (Å²) in [6, 6.07) is -1.03. The summed E-state index contributed by atoms with van der Waals surface area (Å²) < 4.78 is 4.74. The van der Waals surface area contributed by atoms with Crippen LogP contribution in [0.3, 0.4) is 0 Å². The lowest BCUT2D eigenvalue weighted by Crippen LogP contribution is -2.60. The Kier molecular flexibility index (Phi) is 11.0. The molecule has 0 unspecified atom stereocenters. The maximum Gasteiger partial charge on any atom is 0.407 e. The third kappa shape index (κ3) is 8.63. The minimum Gasteiger partial charge on any atom is -0.449 e. The first-order valence-electron chi connectivity index (χ1n) is 12.9. The van der Waals surface area contributed by atoms with Gasteiger partial charge in [0.25, 0.3) is 0 Å². The number of nitrogens with zero attached hydrogens (tertiary/aromatic N) is 1. The van der Waals surface area contributed by atoms with Gasteiger partial charge in [0.05, 0.1) is 6.61 Å². The van der Waals surface area contributed by atoms with E-state index in [1.165, 1.54) is 0 Å². The molecule has 0 aromatic heterocycles. The molecule has 4 N–H and O–H groups in total. The lowest BCUT2D eigenvalue weighted by Gasteiger charge is -2.38. The fourth-order valence-electron chi connectivity index (χ4n) is 4.83. The molecule has 1 saturated carbocycles. The molecule has 0 bridgehead atoms. The second-order valence-corrected chi connectivity index (χ2v) is 13.3. The summed E-state index contributed by atoms with van der Waals surface area (Å²) in [5.41, 5.74) is 5.99. The van der Waals surface area contributed by atoms with Crippen molar-refractivity contribution in [2.24, 2.45) is 17.6 Å². The van der Waals surface area contributed by atoms with Crippen LogP contribution in [0.4, 0.5) is 4.79 Å². The molecule has 3 amide bonds. The Hall–Kier alpha value is -1.48. The molecule has 34 heavy (non-hydrogen) atoms. The molecule has 1 aliphatic heterocycles. The van der Waals surface area contributed by atoms with Crippen LogP contribution in [0.5, 0.6) is 0 Å². The molecule has 2 rings (SSSR count). The summed E-state index contributed by atoms with van der Waals surface area (Å²) in [7, 11) is 0. The minimum atomic E-state index is -0.798. The lowest BCUT2D eigenvalue weighted by atomic mass is 9.86. The SMILES string of the molecule is CC(C)COC(=O)N[C@@H](C(=O)N1CCC[C@H]1C(=O)NCC1CCC(N)CC1)C(C)(C)SC(C)C. The highest BCUT2D eigenvalue weighted by molar-refractivity contribution is 8.01. The van der Waals surface area contributed by atoms with Crippen molar-refractivity contribution >= 4 is 29.7 Å². The van der Waals surface area contributed by atoms with Crippen LogP contribution in [0.1, 0.15) is 80.1 Å².